The first-order valence-electron chi connectivity index (χ1n) is 10.2. The highest BCUT2D eigenvalue weighted by Gasteiger charge is 2.28. The van der Waals surface area contributed by atoms with Gasteiger partial charge in [0.2, 0.25) is 0 Å². The first kappa shape index (κ1) is 21.4. The van der Waals surface area contributed by atoms with Gasteiger partial charge in [-0.3, -0.25) is 9.52 Å². The molecule has 156 valence electrons. The third-order valence-corrected chi connectivity index (χ3v) is 7.68. The number of sulfonamides is 1. The summed E-state index contributed by atoms with van der Waals surface area (Å²) in [4.78, 5) is 12.8. The molecule has 0 aliphatic heterocycles. The van der Waals surface area contributed by atoms with Crippen LogP contribution in [-0.4, -0.2) is 20.4 Å². The Morgan fingerprint density at radius 1 is 1.00 bits per heavy atom. The van der Waals surface area contributed by atoms with E-state index in [4.69, 9.17) is 0 Å². The fraction of sp³-hybridized carbons (Fsp3) is 0.435. The van der Waals surface area contributed by atoms with Crippen LogP contribution in [0.1, 0.15) is 54.6 Å². The van der Waals surface area contributed by atoms with Gasteiger partial charge in [-0.15, -0.1) is 0 Å². The van der Waals surface area contributed by atoms with Gasteiger partial charge >= 0.3 is 0 Å². The zero-order valence-corrected chi connectivity index (χ0v) is 18.3. The fourth-order valence-electron chi connectivity index (χ4n) is 3.89. The quantitative estimate of drug-likeness (QED) is 0.747. The van der Waals surface area contributed by atoms with Crippen molar-refractivity contribution in [3.8, 4) is 0 Å². The maximum Gasteiger partial charge on any atom is 0.261 e. The number of aryl methyl sites for hydroxylation is 1. The maximum absolute atomic E-state index is 12.7. The van der Waals surface area contributed by atoms with Gasteiger partial charge < -0.3 is 5.32 Å². The van der Waals surface area contributed by atoms with Gasteiger partial charge in [-0.05, 0) is 73.6 Å². The average Bonchev–Trinajstić information content (AvgIpc) is 2.69. The SMILES string of the molecule is Cc1cccc(NS(=O)(=O)c2ccc(C(=O)NC3CCCC(C)C3C)cc2)c1C. The van der Waals surface area contributed by atoms with Crippen molar-refractivity contribution in [3.05, 3.63) is 59.2 Å². The van der Waals surface area contributed by atoms with Gasteiger partial charge in [0.25, 0.3) is 15.9 Å². The minimum absolute atomic E-state index is 0.134. The topological polar surface area (TPSA) is 75.3 Å². The molecular weight excluding hydrogens is 384 g/mol. The van der Waals surface area contributed by atoms with E-state index < -0.39 is 10.0 Å². The van der Waals surface area contributed by atoms with Crippen LogP contribution >= 0.6 is 0 Å². The number of nitrogens with one attached hydrogen (secondary N) is 2. The molecule has 2 N–H and O–H groups in total. The van der Waals surface area contributed by atoms with Crippen molar-refractivity contribution >= 4 is 21.6 Å². The van der Waals surface area contributed by atoms with Crippen molar-refractivity contribution in [2.45, 2.75) is 57.9 Å². The Balaban J connectivity index is 1.72. The molecule has 3 rings (SSSR count). The lowest BCUT2D eigenvalue weighted by atomic mass is 9.78. The lowest BCUT2D eigenvalue weighted by Crippen LogP contribution is -2.43. The summed E-state index contributed by atoms with van der Waals surface area (Å²) in [5, 5.41) is 3.12. The fourth-order valence-corrected chi connectivity index (χ4v) is 5.01. The molecule has 29 heavy (non-hydrogen) atoms. The molecule has 1 fully saturated rings. The van der Waals surface area contributed by atoms with E-state index >= 15 is 0 Å². The third-order valence-electron chi connectivity index (χ3n) is 6.30. The van der Waals surface area contributed by atoms with Crippen LogP contribution in [-0.2, 0) is 10.0 Å². The highest BCUT2D eigenvalue weighted by Crippen LogP contribution is 2.29. The molecule has 1 saturated carbocycles. The molecule has 0 radical (unpaired) electrons. The first-order valence-corrected chi connectivity index (χ1v) is 11.7. The van der Waals surface area contributed by atoms with Crippen molar-refractivity contribution < 1.29 is 13.2 Å². The lowest BCUT2D eigenvalue weighted by Gasteiger charge is -2.34. The second-order valence-corrected chi connectivity index (χ2v) is 9.91. The third kappa shape index (κ3) is 4.81. The van der Waals surface area contributed by atoms with Crippen LogP contribution in [0.4, 0.5) is 5.69 Å². The van der Waals surface area contributed by atoms with E-state index in [2.05, 4.69) is 23.9 Å². The number of hydrogen-bond donors (Lipinski definition) is 2. The van der Waals surface area contributed by atoms with Gasteiger partial charge in [-0.25, -0.2) is 8.42 Å². The number of carbonyl (C=O) groups is 1. The Kier molecular flexibility index (Phi) is 6.32. The monoisotopic (exact) mass is 414 g/mol. The van der Waals surface area contributed by atoms with E-state index in [9.17, 15) is 13.2 Å². The number of amides is 1. The minimum Gasteiger partial charge on any atom is -0.349 e. The number of carbonyl (C=O) groups excluding carboxylic acids is 1. The molecule has 0 aromatic heterocycles. The normalized spacial score (nSPS) is 22.1. The molecule has 2 aromatic rings. The van der Waals surface area contributed by atoms with Crippen LogP contribution in [0, 0.1) is 25.7 Å². The summed E-state index contributed by atoms with van der Waals surface area (Å²) >= 11 is 0. The Bertz CT molecular complexity index is 984. The predicted molar refractivity (Wildman–Crippen MR) is 117 cm³/mol. The van der Waals surface area contributed by atoms with Crippen LogP contribution in [0.25, 0.3) is 0 Å². The second kappa shape index (κ2) is 8.57. The Hall–Kier alpha value is -2.34. The smallest absolute Gasteiger partial charge is 0.261 e. The summed E-state index contributed by atoms with van der Waals surface area (Å²) in [5.74, 6) is 0.884. The molecule has 3 unspecified atom stereocenters. The maximum atomic E-state index is 12.7. The summed E-state index contributed by atoms with van der Waals surface area (Å²) in [6, 6.07) is 11.8. The van der Waals surface area contributed by atoms with Crippen LogP contribution in [0.2, 0.25) is 0 Å². The second-order valence-electron chi connectivity index (χ2n) is 8.22. The number of anilines is 1. The van der Waals surface area contributed by atoms with Crippen molar-refractivity contribution in [1.29, 1.82) is 0 Å². The van der Waals surface area contributed by atoms with Crippen molar-refractivity contribution in [2.24, 2.45) is 11.8 Å². The molecule has 2 aromatic carbocycles. The molecule has 5 nitrogen and oxygen atoms in total. The zero-order chi connectivity index (χ0) is 21.2. The van der Waals surface area contributed by atoms with E-state index in [0.29, 0.717) is 23.1 Å². The zero-order valence-electron chi connectivity index (χ0n) is 17.5. The van der Waals surface area contributed by atoms with Crippen molar-refractivity contribution in [2.75, 3.05) is 4.72 Å². The van der Waals surface area contributed by atoms with Crippen molar-refractivity contribution in [1.82, 2.24) is 5.32 Å². The summed E-state index contributed by atoms with van der Waals surface area (Å²) in [6.07, 6.45) is 3.31. The molecule has 1 aliphatic rings. The molecule has 0 spiro atoms. The molecule has 1 amide bonds. The van der Waals surface area contributed by atoms with E-state index in [0.717, 1.165) is 24.0 Å². The molecular formula is C23H30N2O3S. The highest BCUT2D eigenvalue weighted by molar-refractivity contribution is 7.92. The first-order chi connectivity index (χ1) is 13.7. The molecule has 0 bridgehead atoms. The largest absolute Gasteiger partial charge is 0.349 e. The predicted octanol–water partition coefficient (Wildman–Crippen LogP) is 4.66. The Morgan fingerprint density at radius 3 is 2.38 bits per heavy atom. The summed E-state index contributed by atoms with van der Waals surface area (Å²) in [5.41, 5.74) is 2.94. The van der Waals surface area contributed by atoms with Crippen LogP contribution in [0.15, 0.2) is 47.4 Å². The van der Waals surface area contributed by atoms with E-state index in [-0.39, 0.29) is 16.8 Å². The van der Waals surface area contributed by atoms with E-state index in [1.165, 1.54) is 18.6 Å². The van der Waals surface area contributed by atoms with Crippen LogP contribution in [0.3, 0.4) is 0 Å². The number of rotatable bonds is 5. The van der Waals surface area contributed by atoms with E-state index in [1.54, 1.807) is 18.2 Å². The standard InChI is InChI=1S/C23H30N2O3S/c1-15-7-5-9-21(17(15)3)24-23(26)19-11-13-20(14-12-19)29(27,28)25-22-10-6-8-16(2)18(22)4/h6,8,10-15,17,21,25H,5,7,9H2,1-4H3,(H,24,26). The molecule has 6 heteroatoms. The molecule has 1 aliphatic carbocycles. The lowest BCUT2D eigenvalue weighted by molar-refractivity contribution is 0.0891. The van der Waals surface area contributed by atoms with Crippen LogP contribution in [0.5, 0.6) is 0 Å². The minimum atomic E-state index is -3.72. The molecule has 3 atom stereocenters. The highest BCUT2D eigenvalue weighted by atomic mass is 32.2. The van der Waals surface area contributed by atoms with E-state index in [1.807, 2.05) is 26.0 Å². The molecule has 0 heterocycles. The van der Waals surface area contributed by atoms with Gasteiger partial charge in [-0.1, -0.05) is 38.8 Å². The Morgan fingerprint density at radius 2 is 1.69 bits per heavy atom. The van der Waals surface area contributed by atoms with Gasteiger partial charge in [0.05, 0.1) is 10.6 Å². The number of benzene rings is 2. The summed E-state index contributed by atoms with van der Waals surface area (Å²) < 4.78 is 28.1. The number of hydrogen-bond acceptors (Lipinski definition) is 3. The molecule has 0 saturated heterocycles. The van der Waals surface area contributed by atoms with Crippen molar-refractivity contribution in [3.63, 3.8) is 0 Å². The summed E-state index contributed by atoms with van der Waals surface area (Å²) in [7, 11) is -3.72. The van der Waals surface area contributed by atoms with Gasteiger partial charge in [0.1, 0.15) is 0 Å². The average molecular weight is 415 g/mol. The van der Waals surface area contributed by atoms with Gasteiger partial charge in [0, 0.05) is 11.6 Å². The Labute approximate surface area is 174 Å². The van der Waals surface area contributed by atoms with Gasteiger partial charge in [0.15, 0.2) is 0 Å². The van der Waals surface area contributed by atoms with Gasteiger partial charge in [-0.2, -0.15) is 0 Å². The summed E-state index contributed by atoms with van der Waals surface area (Å²) in [6.45, 7) is 8.23. The van der Waals surface area contributed by atoms with Crippen LogP contribution < -0.4 is 10.0 Å².